The van der Waals surface area contributed by atoms with Crippen LogP contribution >= 0.6 is 24.0 Å². The van der Waals surface area contributed by atoms with Gasteiger partial charge in [0.1, 0.15) is 5.75 Å². The molecule has 4 N–H and O–H groups in total. The number of halogens is 1. The molecule has 0 aliphatic carbocycles. The van der Waals surface area contributed by atoms with Crippen LogP contribution in [0.5, 0.6) is 5.75 Å². The smallest absolute Gasteiger partial charge is 0.255 e. The highest BCUT2D eigenvalue weighted by atomic mass is 127. The van der Waals surface area contributed by atoms with Gasteiger partial charge in [0, 0.05) is 19.1 Å². The average molecular weight is 560 g/mol. The van der Waals surface area contributed by atoms with Crippen LogP contribution in [0.3, 0.4) is 0 Å². The van der Waals surface area contributed by atoms with Crippen molar-refractivity contribution in [3.8, 4) is 5.75 Å². The molecule has 1 amide bonds. The molecule has 182 valence electrons. The number of amides is 1. The first-order chi connectivity index (χ1) is 15.0. The second-order valence-corrected chi connectivity index (χ2v) is 8.56. The number of carbonyl (C=O) groups excluding carboxylic acids is 1. The summed E-state index contributed by atoms with van der Waals surface area (Å²) in [4.78, 5) is 18.4. The van der Waals surface area contributed by atoms with Gasteiger partial charge < -0.3 is 21.1 Å². The number of rotatable bonds is 11. The molecule has 2 rings (SSSR count). The Morgan fingerprint density at radius 2 is 1.78 bits per heavy atom. The van der Waals surface area contributed by atoms with E-state index in [2.05, 4.69) is 36.3 Å². The first-order valence-electron chi connectivity index (χ1n) is 11.8. The predicted octanol–water partition coefficient (Wildman–Crippen LogP) is 3.17. The Balaban J connectivity index is 0.00000512. The van der Waals surface area contributed by atoms with Gasteiger partial charge in [-0.1, -0.05) is 38.8 Å². The minimum Gasteiger partial charge on any atom is -0.484 e. The molecule has 1 atom stereocenters. The fourth-order valence-electron chi connectivity index (χ4n) is 3.93. The summed E-state index contributed by atoms with van der Waals surface area (Å²) in [5.41, 5.74) is 6.30. The number of benzene rings is 1. The van der Waals surface area contributed by atoms with Crippen LogP contribution in [-0.2, 0) is 11.2 Å². The lowest BCUT2D eigenvalue weighted by Gasteiger charge is -2.32. The maximum atomic E-state index is 10.8. The number of hydrogen-bond acceptors (Lipinski definition) is 4. The van der Waals surface area contributed by atoms with Gasteiger partial charge in [-0.3, -0.25) is 14.7 Å². The molecule has 0 radical (unpaired) electrons. The lowest BCUT2D eigenvalue weighted by Crippen LogP contribution is -2.44. The van der Waals surface area contributed by atoms with E-state index in [1.54, 1.807) is 0 Å². The highest BCUT2D eigenvalue weighted by molar-refractivity contribution is 14.0. The maximum absolute atomic E-state index is 10.8. The first-order valence-corrected chi connectivity index (χ1v) is 11.8. The van der Waals surface area contributed by atoms with Crippen LogP contribution in [0.4, 0.5) is 0 Å². The van der Waals surface area contributed by atoms with Crippen LogP contribution in [0.2, 0.25) is 0 Å². The number of guanidine groups is 1. The number of aliphatic imine (C=N–C) groups is 1. The zero-order valence-electron chi connectivity index (χ0n) is 19.9. The fourth-order valence-corrected chi connectivity index (χ4v) is 3.93. The Labute approximate surface area is 211 Å². The average Bonchev–Trinajstić information content (AvgIpc) is 3.02. The molecular weight excluding hydrogens is 517 g/mol. The van der Waals surface area contributed by atoms with Crippen LogP contribution < -0.4 is 21.1 Å². The number of nitrogens with zero attached hydrogens (tertiary/aromatic N) is 2. The number of likely N-dealkylation sites (tertiary alicyclic amines) is 1. The minimum atomic E-state index is -0.473. The summed E-state index contributed by atoms with van der Waals surface area (Å²) in [6, 6.07) is 8.24. The molecule has 1 aromatic rings. The van der Waals surface area contributed by atoms with Crippen molar-refractivity contribution < 1.29 is 9.53 Å². The number of primary amides is 1. The standard InChI is InChI=1S/C24H41N5O2.HI/c1-4-26-24(28-17-22(19(2)3)29-15-7-5-6-8-16-29)27-14-13-20-9-11-21(12-10-20)31-18-23(25)30;/h9-12,19,22H,4-8,13-18H2,1-3H3,(H2,25,30)(H2,26,27,28);1H. The van der Waals surface area contributed by atoms with Crippen molar-refractivity contribution in [2.75, 3.05) is 39.3 Å². The van der Waals surface area contributed by atoms with E-state index < -0.39 is 5.91 Å². The monoisotopic (exact) mass is 559 g/mol. The van der Waals surface area contributed by atoms with Gasteiger partial charge in [0.25, 0.3) is 5.91 Å². The van der Waals surface area contributed by atoms with E-state index in [4.69, 9.17) is 15.5 Å². The summed E-state index contributed by atoms with van der Waals surface area (Å²) in [6.45, 7) is 11.5. The molecule has 0 spiro atoms. The normalized spacial score (nSPS) is 16.1. The molecule has 1 aliphatic heterocycles. The summed E-state index contributed by atoms with van der Waals surface area (Å²) in [7, 11) is 0. The van der Waals surface area contributed by atoms with Crippen LogP contribution in [0.1, 0.15) is 52.0 Å². The Morgan fingerprint density at radius 3 is 2.34 bits per heavy atom. The van der Waals surface area contributed by atoms with Gasteiger partial charge in [0.2, 0.25) is 0 Å². The second-order valence-electron chi connectivity index (χ2n) is 8.56. The van der Waals surface area contributed by atoms with Crippen molar-refractivity contribution in [3.05, 3.63) is 29.8 Å². The zero-order valence-corrected chi connectivity index (χ0v) is 22.3. The maximum Gasteiger partial charge on any atom is 0.255 e. The molecule has 1 aromatic carbocycles. The van der Waals surface area contributed by atoms with E-state index in [9.17, 15) is 4.79 Å². The van der Waals surface area contributed by atoms with Crippen molar-refractivity contribution in [1.29, 1.82) is 0 Å². The van der Waals surface area contributed by atoms with Crippen LogP contribution in [0.15, 0.2) is 29.3 Å². The molecule has 1 unspecified atom stereocenters. The van der Waals surface area contributed by atoms with E-state index >= 15 is 0 Å². The van der Waals surface area contributed by atoms with Crippen LogP contribution in [-0.4, -0.2) is 62.1 Å². The summed E-state index contributed by atoms with van der Waals surface area (Å²) >= 11 is 0. The van der Waals surface area contributed by atoms with Gasteiger partial charge in [-0.05, 0) is 62.9 Å². The second kappa shape index (κ2) is 16.1. The molecule has 8 heteroatoms. The predicted molar refractivity (Wildman–Crippen MR) is 143 cm³/mol. The van der Waals surface area contributed by atoms with Crippen molar-refractivity contribution in [2.45, 2.75) is 58.9 Å². The van der Waals surface area contributed by atoms with E-state index in [1.807, 2.05) is 24.3 Å². The largest absolute Gasteiger partial charge is 0.484 e. The van der Waals surface area contributed by atoms with E-state index in [0.717, 1.165) is 32.0 Å². The summed E-state index contributed by atoms with van der Waals surface area (Å²) in [5, 5.41) is 6.83. The lowest BCUT2D eigenvalue weighted by atomic mass is 10.0. The molecule has 0 bridgehead atoms. The minimum absolute atomic E-state index is 0. The fraction of sp³-hybridized carbons (Fsp3) is 0.667. The quantitative estimate of drug-likeness (QED) is 0.220. The van der Waals surface area contributed by atoms with E-state index in [-0.39, 0.29) is 30.6 Å². The molecule has 7 nitrogen and oxygen atoms in total. The third kappa shape index (κ3) is 10.8. The zero-order chi connectivity index (χ0) is 22.5. The first kappa shape index (κ1) is 28.5. The Morgan fingerprint density at radius 1 is 1.12 bits per heavy atom. The van der Waals surface area contributed by atoms with Crippen molar-refractivity contribution in [3.63, 3.8) is 0 Å². The van der Waals surface area contributed by atoms with Gasteiger partial charge in [-0.2, -0.15) is 0 Å². The molecular formula is C24H42IN5O2. The number of carbonyl (C=O) groups is 1. The van der Waals surface area contributed by atoms with Crippen LogP contribution in [0, 0.1) is 5.92 Å². The summed E-state index contributed by atoms with van der Waals surface area (Å²) in [6.07, 6.45) is 6.19. The molecule has 0 saturated carbocycles. The third-order valence-electron chi connectivity index (χ3n) is 5.67. The van der Waals surface area contributed by atoms with Crippen molar-refractivity contribution in [2.24, 2.45) is 16.6 Å². The number of hydrogen-bond donors (Lipinski definition) is 3. The van der Waals surface area contributed by atoms with Crippen LogP contribution in [0.25, 0.3) is 0 Å². The molecule has 32 heavy (non-hydrogen) atoms. The Hall–Kier alpha value is -1.55. The molecule has 1 aliphatic rings. The van der Waals surface area contributed by atoms with Gasteiger partial charge in [-0.15, -0.1) is 24.0 Å². The lowest BCUT2D eigenvalue weighted by molar-refractivity contribution is -0.119. The summed E-state index contributed by atoms with van der Waals surface area (Å²) in [5.74, 6) is 1.64. The molecule has 1 fully saturated rings. The number of nitrogens with two attached hydrogens (primary N) is 1. The topological polar surface area (TPSA) is 92.0 Å². The van der Waals surface area contributed by atoms with Crippen molar-refractivity contribution >= 4 is 35.8 Å². The summed E-state index contributed by atoms with van der Waals surface area (Å²) < 4.78 is 5.31. The van der Waals surface area contributed by atoms with E-state index in [1.165, 1.54) is 44.3 Å². The van der Waals surface area contributed by atoms with Gasteiger partial charge in [-0.25, -0.2) is 0 Å². The Kier molecular flexibility index (Phi) is 14.4. The van der Waals surface area contributed by atoms with Gasteiger partial charge in [0.05, 0.1) is 6.54 Å². The molecule has 1 saturated heterocycles. The highest BCUT2D eigenvalue weighted by Crippen LogP contribution is 2.18. The van der Waals surface area contributed by atoms with Crippen molar-refractivity contribution in [1.82, 2.24) is 15.5 Å². The molecule has 0 aromatic heterocycles. The van der Waals surface area contributed by atoms with Gasteiger partial charge >= 0.3 is 0 Å². The van der Waals surface area contributed by atoms with Gasteiger partial charge in [0.15, 0.2) is 12.6 Å². The number of nitrogens with one attached hydrogen (secondary N) is 2. The molecule has 1 heterocycles. The Bertz CT molecular complexity index is 673. The number of ether oxygens (including phenoxy) is 1. The third-order valence-corrected chi connectivity index (χ3v) is 5.67. The SMILES string of the molecule is CCNC(=NCC(C(C)C)N1CCCCCC1)NCCc1ccc(OCC(N)=O)cc1.I. The highest BCUT2D eigenvalue weighted by Gasteiger charge is 2.22. The van der Waals surface area contributed by atoms with E-state index in [0.29, 0.717) is 17.7 Å².